The third kappa shape index (κ3) is 1.84. The second kappa shape index (κ2) is 3.29. The van der Waals surface area contributed by atoms with Crippen LogP contribution < -0.4 is 10.5 Å². The summed E-state index contributed by atoms with van der Waals surface area (Å²) in [5.41, 5.74) is 6.27. The molecule has 0 saturated heterocycles. The molecule has 1 aliphatic rings. The fraction of sp³-hybridized carbons (Fsp3) is 0.400. The Balaban J connectivity index is 2.24. The lowest BCUT2D eigenvalue weighted by atomic mass is 10.2. The fourth-order valence-electron chi connectivity index (χ4n) is 1.21. The number of carbonyl (C=O) groups is 1. The van der Waals surface area contributed by atoms with E-state index in [2.05, 4.69) is 4.98 Å². The monoisotopic (exact) mass is 192 g/mol. The summed E-state index contributed by atoms with van der Waals surface area (Å²) in [4.78, 5) is 15.1. The number of nitrogens with two attached hydrogens (primary N) is 1. The van der Waals surface area contributed by atoms with Crippen LogP contribution >= 0.6 is 0 Å². The Labute approximate surface area is 82.1 Å². The molecule has 74 valence electrons. The van der Waals surface area contributed by atoms with Gasteiger partial charge in [0.25, 0.3) is 5.91 Å². The molecule has 0 atom stereocenters. The fourth-order valence-corrected chi connectivity index (χ4v) is 1.21. The molecule has 1 heterocycles. The number of carbonyl (C=O) groups excluding carboxylic acids is 1. The minimum atomic E-state index is -0.462. The molecule has 1 saturated carbocycles. The van der Waals surface area contributed by atoms with Crippen LogP contribution in [0, 0.1) is 6.92 Å². The first-order valence-electron chi connectivity index (χ1n) is 4.60. The Morgan fingerprint density at radius 1 is 1.64 bits per heavy atom. The minimum Gasteiger partial charge on any atom is -0.489 e. The van der Waals surface area contributed by atoms with E-state index in [9.17, 15) is 4.79 Å². The van der Waals surface area contributed by atoms with E-state index in [1.54, 1.807) is 19.2 Å². The average molecular weight is 192 g/mol. The summed E-state index contributed by atoms with van der Waals surface area (Å²) < 4.78 is 5.50. The zero-order valence-electron chi connectivity index (χ0n) is 7.99. The Kier molecular flexibility index (Phi) is 2.11. The van der Waals surface area contributed by atoms with Crippen LogP contribution in [0.1, 0.15) is 28.9 Å². The number of aromatic nitrogens is 1. The summed E-state index contributed by atoms with van der Waals surface area (Å²) in [5.74, 6) is 0.170. The number of aryl methyl sites for hydroxylation is 1. The predicted octanol–water partition coefficient (Wildman–Crippen LogP) is 1.03. The summed E-state index contributed by atoms with van der Waals surface area (Å²) in [7, 11) is 0. The van der Waals surface area contributed by atoms with E-state index in [-0.39, 0.29) is 0 Å². The minimum absolute atomic E-state index is 0.306. The molecule has 1 aromatic rings. The number of hydrogen-bond acceptors (Lipinski definition) is 3. The van der Waals surface area contributed by atoms with Gasteiger partial charge in [-0.1, -0.05) is 0 Å². The van der Waals surface area contributed by atoms with Crippen molar-refractivity contribution in [3.05, 3.63) is 23.5 Å². The highest BCUT2D eigenvalue weighted by atomic mass is 16.5. The maximum absolute atomic E-state index is 11.0. The second-order valence-electron chi connectivity index (χ2n) is 3.49. The number of hydrogen-bond donors (Lipinski definition) is 1. The lowest BCUT2D eigenvalue weighted by molar-refractivity contribution is 0.0998. The summed E-state index contributed by atoms with van der Waals surface area (Å²) in [6, 6.07) is 1.66. The van der Waals surface area contributed by atoms with Gasteiger partial charge in [-0.15, -0.1) is 0 Å². The Morgan fingerprint density at radius 3 is 2.93 bits per heavy atom. The van der Waals surface area contributed by atoms with Gasteiger partial charge in [-0.05, 0) is 25.8 Å². The predicted molar refractivity (Wildman–Crippen MR) is 51.1 cm³/mol. The molecule has 1 amide bonds. The molecule has 4 heteroatoms. The standard InChI is InChI=1S/C10H12N2O2/c1-6-9(10(11)13)4-8(5-12-6)14-7-2-3-7/h4-5,7H,2-3H2,1H3,(H2,11,13). The van der Waals surface area contributed by atoms with E-state index in [0.717, 1.165) is 12.8 Å². The molecule has 2 N–H and O–H groups in total. The zero-order valence-corrected chi connectivity index (χ0v) is 7.99. The van der Waals surface area contributed by atoms with Gasteiger partial charge in [-0.2, -0.15) is 0 Å². The quantitative estimate of drug-likeness (QED) is 0.777. The van der Waals surface area contributed by atoms with Gasteiger partial charge in [0, 0.05) is 0 Å². The molecule has 0 radical (unpaired) electrons. The highest BCUT2D eigenvalue weighted by Crippen LogP contribution is 2.26. The molecule has 14 heavy (non-hydrogen) atoms. The van der Waals surface area contributed by atoms with Crippen LogP contribution in [-0.4, -0.2) is 17.0 Å². The third-order valence-electron chi connectivity index (χ3n) is 2.15. The van der Waals surface area contributed by atoms with E-state index in [4.69, 9.17) is 10.5 Å². The van der Waals surface area contributed by atoms with Gasteiger partial charge < -0.3 is 10.5 Å². The first-order chi connectivity index (χ1) is 6.66. The summed E-state index contributed by atoms with van der Waals surface area (Å²) >= 11 is 0. The van der Waals surface area contributed by atoms with Crippen molar-refractivity contribution in [1.82, 2.24) is 4.98 Å². The molecular weight excluding hydrogens is 180 g/mol. The largest absolute Gasteiger partial charge is 0.489 e. The molecule has 0 aliphatic heterocycles. The normalized spacial score (nSPS) is 15.2. The van der Waals surface area contributed by atoms with Gasteiger partial charge in [0.2, 0.25) is 0 Å². The van der Waals surface area contributed by atoms with E-state index < -0.39 is 5.91 Å². The lowest BCUT2D eigenvalue weighted by Crippen LogP contribution is -2.14. The summed E-state index contributed by atoms with van der Waals surface area (Å²) in [6.45, 7) is 1.75. The number of rotatable bonds is 3. The first kappa shape index (κ1) is 8.99. The van der Waals surface area contributed by atoms with Crippen molar-refractivity contribution in [3.63, 3.8) is 0 Å². The molecule has 1 aromatic heterocycles. The lowest BCUT2D eigenvalue weighted by Gasteiger charge is -2.06. The highest BCUT2D eigenvalue weighted by molar-refractivity contribution is 5.94. The Bertz CT molecular complexity index is 372. The van der Waals surface area contributed by atoms with Crippen LogP contribution in [0.5, 0.6) is 5.75 Å². The van der Waals surface area contributed by atoms with Gasteiger partial charge >= 0.3 is 0 Å². The topological polar surface area (TPSA) is 65.2 Å². The van der Waals surface area contributed by atoms with Crippen molar-refractivity contribution >= 4 is 5.91 Å². The van der Waals surface area contributed by atoms with Gasteiger partial charge in [0.15, 0.2) is 0 Å². The second-order valence-corrected chi connectivity index (χ2v) is 3.49. The molecule has 2 rings (SSSR count). The van der Waals surface area contributed by atoms with Crippen LogP contribution in [0.4, 0.5) is 0 Å². The van der Waals surface area contributed by atoms with Gasteiger partial charge in [-0.3, -0.25) is 9.78 Å². The van der Waals surface area contributed by atoms with Crippen LogP contribution in [0.3, 0.4) is 0 Å². The molecule has 1 aliphatic carbocycles. The Hall–Kier alpha value is -1.58. The van der Waals surface area contributed by atoms with Crippen molar-refractivity contribution in [2.75, 3.05) is 0 Å². The van der Waals surface area contributed by atoms with Crippen LogP contribution in [0.2, 0.25) is 0 Å². The number of ether oxygens (including phenoxy) is 1. The maximum Gasteiger partial charge on any atom is 0.250 e. The molecule has 0 spiro atoms. The Morgan fingerprint density at radius 2 is 2.36 bits per heavy atom. The first-order valence-corrected chi connectivity index (χ1v) is 4.60. The number of nitrogens with zero attached hydrogens (tertiary/aromatic N) is 1. The average Bonchev–Trinajstić information content (AvgIpc) is 2.92. The van der Waals surface area contributed by atoms with Gasteiger partial charge in [0.1, 0.15) is 5.75 Å². The highest BCUT2D eigenvalue weighted by Gasteiger charge is 2.24. The van der Waals surface area contributed by atoms with E-state index in [0.29, 0.717) is 23.1 Å². The van der Waals surface area contributed by atoms with Crippen LogP contribution in [0.15, 0.2) is 12.3 Å². The van der Waals surface area contributed by atoms with Crippen molar-refractivity contribution in [2.24, 2.45) is 5.73 Å². The van der Waals surface area contributed by atoms with Crippen LogP contribution in [0.25, 0.3) is 0 Å². The smallest absolute Gasteiger partial charge is 0.250 e. The number of amides is 1. The van der Waals surface area contributed by atoms with E-state index in [1.165, 1.54) is 0 Å². The van der Waals surface area contributed by atoms with Crippen molar-refractivity contribution in [2.45, 2.75) is 25.9 Å². The van der Waals surface area contributed by atoms with E-state index >= 15 is 0 Å². The molecule has 1 fully saturated rings. The molecule has 0 unspecified atom stereocenters. The summed E-state index contributed by atoms with van der Waals surface area (Å²) in [5, 5.41) is 0. The van der Waals surface area contributed by atoms with Crippen molar-refractivity contribution < 1.29 is 9.53 Å². The molecule has 0 aromatic carbocycles. The van der Waals surface area contributed by atoms with E-state index in [1.807, 2.05) is 0 Å². The van der Waals surface area contributed by atoms with Crippen molar-refractivity contribution in [3.8, 4) is 5.75 Å². The number of pyridine rings is 1. The molecular formula is C10H12N2O2. The maximum atomic E-state index is 11.0. The summed E-state index contributed by atoms with van der Waals surface area (Å²) in [6.07, 6.45) is 4.10. The third-order valence-corrected chi connectivity index (χ3v) is 2.15. The van der Waals surface area contributed by atoms with Crippen molar-refractivity contribution in [1.29, 1.82) is 0 Å². The van der Waals surface area contributed by atoms with Crippen LogP contribution in [-0.2, 0) is 0 Å². The zero-order chi connectivity index (χ0) is 10.1. The molecule has 0 bridgehead atoms. The van der Waals surface area contributed by atoms with Gasteiger partial charge in [0.05, 0.1) is 23.6 Å². The SMILES string of the molecule is Cc1ncc(OC2CC2)cc1C(N)=O. The van der Waals surface area contributed by atoms with Gasteiger partial charge in [-0.25, -0.2) is 0 Å². The number of primary amides is 1. The molecule has 4 nitrogen and oxygen atoms in total.